The summed E-state index contributed by atoms with van der Waals surface area (Å²) in [6, 6.07) is 14.6. The maximum absolute atomic E-state index is 12.4. The van der Waals surface area contributed by atoms with Gasteiger partial charge < -0.3 is 5.11 Å². The van der Waals surface area contributed by atoms with Gasteiger partial charge in [0.05, 0.1) is 11.3 Å². The quantitative estimate of drug-likeness (QED) is 0.772. The van der Waals surface area contributed by atoms with Gasteiger partial charge in [-0.2, -0.15) is 5.10 Å². The molecule has 23 heavy (non-hydrogen) atoms. The van der Waals surface area contributed by atoms with Crippen LogP contribution in [0.2, 0.25) is 5.02 Å². The molecule has 0 aliphatic heterocycles. The lowest BCUT2D eigenvalue weighted by atomic mass is 10.0. The zero-order chi connectivity index (χ0) is 16.4. The minimum atomic E-state index is -1.11. The zero-order valence-corrected chi connectivity index (χ0v) is 12.5. The predicted molar refractivity (Wildman–Crippen MR) is 87.7 cm³/mol. The highest BCUT2D eigenvalue weighted by Gasteiger charge is 2.15. The molecule has 0 radical (unpaired) electrons. The van der Waals surface area contributed by atoms with Gasteiger partial charge >= 0.3 is 5.97 Å². The Morgan fingerprint density at radius 2 is 1.78 bits per heavy atom. The summed E-state index contributed by atoms with van der Waals surface area (Å²) in [6.07, 6.45) is 0. The van der Waals surface area contributed by atoms with Crippen LogP contribution < -0.4 is 5.43 Å². The summed E-state index contributed by atoms with van der Waals surface area (Å²) < 4.78 is 0. The Bertz CT molecular complexity index is 933. The van der Waals surface area contributed by atoms with Crippen molar-refractivity contribution in [3.63, 3.8) is 0 Å². The van der Waals surface area contributed by atoms with Crippen molar-refractivity contribution in [1.29, 1.82) is 0 Å². The second-order valence-corrected chi connectivity index (χ2v) is 5.29. The fourth-order valence-corrected chi connectivity index (χ4v) is 2.38. The van der Waals surface area contributed by atoms with Crippen LogP contribution >= 0.6 is 11.6 Å². The summed E-state index contributed by atoms with van der Waals surface area (Å²) in [6.45, 7) is 0. The van der Waals surface area contributed by atoms with E-state index in [9.17, 15) is 14.7 Å². The maximum atomic E-state index is 12.4. The van der Waals surface area contributed by atoms with Crippen molar-refractivity contribution >= 4 is 17.6 Å². The summed E-state index contributed by atoms with van der Waals surface area (Å²) in [5, 5.41) is 16.7. The number of carbonyl (C=O) groups is 1. The van der Waals surface area contributed by atoms with Crippen LogP contribution in [0, 0.1) is 0 Å². The number of halogens is 1. The molecule has 3 rings (SSSR count). The van der Waals surface area contributed by atoms with Crippen LogP contribution in [0.1, 0.15) is 10.4 Å². The number of aromatic carboxylic acids is 1. The van der Waals surface area contributed by atoms with E-state index in [2.05, 4.69) is 10.2 Å². The van der Waals surface area contributed by atoms with Crippen molar-refractivity contribution in [2.75, 3.05) is 0 Å². The highest BCUT2D eigenvalue weighted by Crippen LogP contribution is 2.21. The SMILES string of the molecule is O=C(O)c1ccccc1-c1n[nH]c(-c2ccc(Cl)cc2)cc1=O. The molecule has 0 saturated carbocycles. The molecule has 2 N–H and O–H groups in total. The number of benzene rings is 2. The molecule has 0 aliphatic rings. The lowest BCUT2D eigenvalue weighted by Crippen LogP contribution is -2.11. The number of hydrogen-bond donors (Lipinski definition) is 2. The molecule has 6 heteroatoms. The van der Waals surface area contributed by atoms with E-state index >= 15 is 0 Å². The first-order chi connectivity index (χ1) is 11.1. The van der Waals surface area contributed by atoms with Crippen molar-refractivity contribution in [1.82, 2.24) is 10.2 Å². The Hall–Kier alpha value is -2.92. The number of nitrogens with one attached hydrogen (secondary N) is 1. The molecule has 1 aromatic heterocycles. The number of aromatic amines is 1. The van der Waals surface area contributed by atoms with Crippen LogP contribution in [0.3, 0.4) is 0 Å². The van der Waals surface area contributed by atoms with Gasteiger partial charge in [0.1, 0.15) is 5.69 Å². The van der Waals surface area contributed by atoms with E-state index < -0.39 is 5.97 Å². The normalized spacial score (nSPS) is 10.5. The van der Waals surface area contributed by atoms with Gasteiger partial charge in [0, 0.05) is 16.7 Å². The molecular weight excluding hydrogens is 316 g/mol. The van der Waals surface area contributed by atoms with E-state index in [-0.39, 0.29) is 22.2 Å². The van der Waals surface area contributed by atoms with Gasteiger partial charge in [-0.1, -0.05) is 41.9 Å². The smallest absolute Gasteiger partial charge is 0.336 e. The van der Waals surface area contributed by atoms with E-state index in [1.54, 1.807) is 42.5 Å². The second kappa shape index (κ2) is 6.06. The second-order valence-electron chi connectivity index (χ2n) is 4.85. The van der Waals surface area contributed by atoms with Crippen molar-refractivity contribution < 1.29 is 9.90 Å². The third-order valence-corrected chi connectivity index (χ3v) is 3.62. The van der Waals surface area contributed by atoms with E-state index in [1.165, 1.54) is 12.1 Å². The van der Waals surface area contributed by atoms with Crippen molar-refractivity contribution in [3.05, 3.63) is 75.4 Å². The summed E-state index contributed by atoms with van der Waals surface area (Å²) in [7, 11) is 0. The van der Waals surface area contributed by atoms with Gasteiger partial charge in [0.15, 0.2) is 0 Å². The molecule has 1 heterocycles. The molecular formula is C17H11ClN2O3. The van der Waals surface area contributed by atoms with E-state index in [0.717, 1.165) is 5.56 Å². The lowest BCUT2D eigenvalue weighted by molar-refractivity contribution is 0.0697. The Morgan fingerprint density at radius 1 is 1.09 bits per heavy atom. The van der Waals surface area contributed by atoms with Gasteiger partial charge in [-0.05, 0) is 23.8 Å². The minimum absolute atomic E-state index is 0.0322. The van der Waals surface area contributed by atoms with E-state index in [4.69, 9.17) is 11.6 Å². The summed E-state index contributed by atoms with van der Waals surface area (Å²) in [4.78, 5) is 23.6. The van der Waals surface area contributed by atoms with Crippen molar-refractivity contribution in [2.45, 2.75) is 0 Å². The molecule has 0 amide bonds. The van der Waals surface area contributed by atoms with Gasteiger partial charge in [-0.15, -0.1) is 0 Å². The monoisotopic (exact) mass is 326 g/mol. The molecule has 5 nitrogen and oxygen atoms in total. The number of hydrogen-bond acceptors (Lipinski definition) is 3. The van der Waals surface area contributed by atoms with Crippen LogP contribution in [-0.4, -0.2) is 21.3 Å². The zero-order valence-electron chi connectivity index (χ0n) is 11.8. The van der Waals surface area contributed by atoms with Crippen LogP contribution in [0.15, 0.2) is 59.4 Å². The first kappa shape index (κ1) is 15.0. The van der Waals surface area contributed by atoms with E-state index in [0.29, 0.717) is 10.7 Å². The largest absolute Gasteiger partial charge is 0.478 e. The molecule has 114 valence electrons. The average Bonchev–Trinajstić information content (AvgIpc) is 2.55. The number of aromatic nitrogens is 2. The number of H-pyrrole nitrogens is 1. The highest BCUT2D eigenvalue weighted by atomic mass is 35.5. The third kappa shape index (κ3) is 3.00. The molecule has 0 fully saturated rings. The highest BCUT2D eigenvalue weighted by molar-refractivity contribution is 6.30. The number of rotatable bonds is 3. The van der Waals surface area contributed by atoms with E-state index in [1.807, 2.05) is 0 Å². The maximum Gasteiger partial charge on any atom is 0.336 e. The topological polar surface area (TPSA) is 83.0 Å². The third-order valence-electron chi connectivity index (χ3n) is 3.36. The van der Waals surface area contributed by atoms with Crippen molar-refractivity contribution in [3.8, 4) is 22.5 Å². The summed E-state index contributed by atoms with van der Waals surface area (Å²) >= 11 is 5.84. The van der Waals surface area contributed by atoms with Gasteiger partial charge in [0.2, 0.25) is 5.43 Å². The van der Waals surface area contributed by atoms with Crippen LogP contribution in [-0.2, 0) is 0 Å². The van der Waals surface area contributed by atoms with Crippen molar-refractivity contribution in [2.24, 2.45) is 0 Å². The molecule has 0 aliphatic carbocycles. The molecule has 0 spiro atoms. The minimum Gasteiger partial charge on any atom is -0.478 e. The Kier molecular flexibility index (Phi) is 3.95. The standard InChI is InChI=1S/C17H11ClN2O3/c18-11-7-5-10(6-8-11)14-9-15(21)16(20-19-14)12-3-1-2-4-13(12)17(22)23/h1-9H,(H,19,21)(H,22,23). The van der Waals surface area contributed by atoms with Gasteiger partial charge in [0.25, 0.3) is 0 Å². The first-order valence-corrected chi connectivity index (χ1v) is 7.12. The Balaban J connectivity index is 2.09. The molecule has 0 saturated heterocycles. The molecule has 2 aromatic carbocycles. The molecule has 0 bridgehead atoms. The fraction of sp³-hybridized carbons (Fsp3) is 0. The van der Waals surface area contributed by atoms with Gasteiger partial charge in [-0.25, -0.2) is 4.79 Å². The van der Waals surface area contributed by atoms with Crippen LogP contribution in [0.5, 0.6) is 0 Å². The van der Waals surface area contributed by atoms with Crippen LogP contribution in [0.25, 0.3) is 22.5 Å². The Labute approximate surface area is 136 Å². The molecule has 0 atom stereocenters. The fourth-order valence-electron chi connectivity index (χ4n) is 2.25. The average molecular weight is 327 g/mol. The first-order valence-electron chi connectivity index (χ1n) is 6.74. The van der Waals surface area contributed by atoms with Gasteiger partial charge in [-0.3, -0.25) is 9.89 Å². The van der Waals surface area contributed by atoms with Crippen LogP contribution in [0.4, 0.5) is 0 Å². The molecule has 3 aromatic rings. The number of carboxylic acids is 1. The number of nitrogens with zero attached hydrogens (tertiary/aromatic N) is 1. The molecule has 0 unspecified atom stereocenters. The summed E-state index contributed by atoms with van der Waals surface area (Å²) in [5.74, 6) is -1.11. The lowest BCUT2D eigenvalue weighted by Gasteiger charge is -2.06. The number of carboxylic acid groups (broad SMARTS) is 1. The predicted octanol–water partition coefficient (Wildman–Crippen LogP) is 3.46. The Morgan fingerprint density at radius 3 is 2.43 bits per heavy atom. The summed E-state index contributed by atoms with van der Waals surface area (Å²) in [5.41, 5.74) is 1.32.